The van der Waals surface area contributed by atoms with E-state index in [-0.39, 0.29) is 0 Å². The van der Waals surface area contributed by atoms with Crippen LogP contribution in [0.2, 0.25) is 0 Å². The van der Waals surface area contributed by atoms with Crippen LogP contribution in [-0.4, -0.2) is 11.0 Å². The summed E-state index contributed by atoms with van der Waals surface area (Å²) in [4.78, 5) is 4.64. The van der Waals surface area contributed by atoms with Crippen molar-refractivity contribution < 1.29 is 5.21 Å². The first-order chi connectivity index (χ1) is 11.3. The summed E-state index contributed by atoms with van der Waals surface area (Å²) in [5.41, 5.74) is 3.33. The van der Waals surface area contributed by atoms with Crippen molar-refractivity contribution in [2.24, 2.45) is 4.99 Å². The van der Waals surface area contributed by atoms with Crippen molar-refractivity contribution in [1.82, 2.24) is 0 Å². The van der Waals surface area contributed by atoms with E-state index in [1.54, 1.807) is 0 Å². The minimum atomic E-state index is 0.492. The molecule has 0 radical (unpaired) electrons. The van der Waals surface area contributed by atoms with Crippen LogP contribution in [0, 0.1) is 6.92 Å². The van der Waals surface area contributed by atoms with Crippen LogP contribution in [0.1, 0.15) is 11.1 Å². The molecule has 0 aromatic heterocycles. The summed E-state index contributed by atoms with van der Waals surface area (Å²) in [6.07, 6.45) is 0. The minimum absolute atomic E-state index is 0.492. The van der Waals surface area contributed by atoms with E-state index in [2.05, 4.69) is 4.99 Å². The molecular formula is C20H18N2O. The lowest BCUT2D eigenvalue weighted by Gasteiger charge is -2.21. The fraction of sp³-hybridized carbons (Fsp3) is 0.0500. The second kappa shape index (κ2) is 6.90. The van der Waals surface area contributed by atoms with Gasteiger partial charge in [-0.1, -0.05) is 66.7 Å². The zero-order chi connectivity index (χ0) is 16.1. The summed E-state index contributed by atoms with van der Waals surface area (Å²) in [5.74, 6) is 0.492. The van der Waals surface area contributed by atoms with Crippen molar-refractivity contribution in [1.29, 1.82) is 0 Å². The van der Waals surface area contributed by atoms with Gasteiger partial charge < -0.3 is 0 Å². The maximum atomic E-state index is 10.8. The number of hydroxylamine groups is 1. The summed E-state index contributed by atoms with van der Waals surface area (Å²) < 4.78 is 0. The molecule has 0 amide bonds. The van der Waals surface area contributed by atoms with E-state index in [0.29, 0.717) is 11.5 Å². The third-order valence-electron chi connectivity index (χ3n) is 3.57. The minimum Gasteiger partial charge on any atom is -0.282 e. The molecule has 0 heterocycles. The Morgan fingerprint density at radius 3 is 2.00 bits per heavy atom. The predicted molar refractivity (Wildman–Crippen MR) is 94.5 cm³/mol. The third kappa shape index (κ3) is 3.47. The van der Waals surface area contributed by atoms with E-state index in [1.807, 2.05) is 91.9 Å². The average molecular weight is 302 g/mol. The van der Waals surface area contributed by atoms with E-state index in [4.69, 9.17) is 0 Å². The molecule has 0 bridgehead atoms. The highest BCUT2D eigenvalue weighted by molar-refractivity contribution is 6.09. The van der Waals surface area contributed by atoms with E-state index >= 15 is 0 Å². The molecule has 0 aliphatic carbocycles. The van der Waals surface area contributed by atoms with Crippen LogP contribution in [0.5, 0.6) is 0 Å². The fourth-order valence-corrected chi connectivity index (χ4v) is 2.36. The quantitative estimate of drug-likeness (QED) is 0.421. The molecule has 0 aliphatic rings. The number of nitrogens with zero attached hydrogens (tertiary/aromatic N) is 2. The number of amidine groups is 1. The van der Waals surface area contributed by atoms with Crippen molar-refractivity contribution in [3.8, 4) is 0 Å². The molecule has 0 aliphatic heterocycles. The number of hydrogen-bond acceptors (Lipinski definition) is 2. The Hall–Kier alpha value is -2.91. The van der Waals surface area contributed by atoms with Gasteiger partial charge in [0.2, 0.25) is 0 Å². The average Bonchev–Trinajstić information content (AvgIpc) is 2.61. The molecule has 0 saturated carbocycles. The van der Waals surface area contributed by atoms with Gasteiger partial charge in [-0.25, -0.2) is 10.1 Å². The van der Waals surface area contributed by atoms with Gasteiger partial charge >= 0.3 is 0 Å². The van der Waals surface area contributed by atoms with E-state index < -0.39 is 0 Å². The molecule has 0 spiro atoms. The number of aryl methyl sites for hydroxylation is 1. The second-order valence-corrected chi connectivity index (χ2v) is 5.24. The van der Waals surface area contributed by atoms with Crippen molar-refractivity contribution in [3.05, 3.63) is 96.1 Å². The molecule has 3 nitrogen and oxygen atoms in total. The Morgan fingerprint density at radius 1 is 0.783 bits per heavy atom. The number of hydrogen-bond donors (Lipinski definition) is 1. The predicted octanol–water partition coefficient (Wildman–Crippen LogP) is 4.97. The third-order valence-corrected chi connectivity index (χ3v) is 3.57. The van der Waals surface area contributed by atoms with Crippen molar-refractivity contribution in [2.75, 3.05) is 5.06 Å². The highest BCUT2D eigenvalue weighted by atomic mass is 16.5. The Morgan fingerprint density at radius 2 is 1.35 bits per heavy atom. The summed E-state index contributed by atoms with van der Waals surface area (Å²) in [5, 5.41) is 11.9. The van der Waals surface area contributed by atoms with E-state index in [0.717, 1.165) is 21.9 Å². The van der Waals surface area contributed by atoms with E-state index in [9.17, 15) is 5.21 Å². The molecule has 3 heteroatoms. The molecular weight excluding hydrogens is 284 g/mol. The largest absolute Gasteiger partial charge is 0.282 e. The van der Waals surface area contributed by atoms with Crippen LogP contribution in [-0.2, 0) is 0 Å². The van der Waals surface area contributed by atoms with Crippen LogP contribution in [0.15, 0.2) is 89.9 Å². The fourth-order valence-electron chi connectivity index (χ4n) is 2.36. The van der Waals surface area contributed by atoms with Crippen molar-refractivity contribution in [2.45, 2.75) is 6.92 Å². The topological polar surface area (TPSA) is 35.8 Å². The summed E-state index contributed by atoms with van der Waals surface area (Å²) >= 11 is 0. The lowest BCUT2D eigenvalue weighted by Crippen LogP contribution is -2.28. The zero-order valence-corrected chi connectivity index (χ0v) is 12.9. The van der Waals surface area contributed by atoms with Crippen molar-refractivity contribution in [3.63, 3.8) is 0 Å². The first-order valence-corrected chi connectivity index (χ1v) is 7.49. The van der Waals surface area contributed by atoms with Crippen LogP contribution in [0.3, 0.4) is 0 Å². The first-order valence-electron chi connectivity index (χ1n) is 7.49. The summed E-state index contributed by atoms with van der Waals surface area (Å²) in [6, 6.07) is 27.0. The number of para-hydroxylation sites is 2. The van der Waals surface area contributed by atoms with Crippen LogP contribution in [0.25, 0.3) is 0 Å². The molecule has 114 valence electrons. The maximum absolute atomic E-state index is 10.8. The van der Waals surface area contributed by atoms with Crippen LogP contribution >= 0.6 is 0 Å². The Bertz CT molecular complexity index is 798. The first kappa shape index (κ1) is 15.0. The lowest BCUT2D eigenvalue weighted by molar-refractivity contribution is 0.312. The molecule has 1 N–H and O–H groups in total. The van der Waals surface area contributed by atoms with Gasteiger partial charge in [-0.3, -0.25) is 5.21 Å². The van der Waals surface area contributed by atoms with Crippen LogP contribution in [0.4, 0.5) is 11.4 Å². The molecule has 3 rings (SSSR count). The number of rotatable bonds is 3. The molecule has 0 saturated heterocycles. The number of anilines is 1. The van der Waals surface area contributed by atoms with Gasteiger partial charge in [-0.15, -0.1) is 0 Å². The summed E-state index contributed by atoms with van der Waals surface area (Å²) in [7, 11) is 0. The van der Waals surface area contributed by atoms with E-state index in [1.165, 1.54) is 0 Å². The Balaban J connectivity index is 2.09. The normalized spacial score (nSPS) is 11.3. The van der Waals surface area contributed by atoms with Gasteiger partial charge in [0.25, 0.3) is 0 Å². The Kier molecular flexibility index (Phi) is 4.50. The number of aliphatic imine (C=N–C) groups is 1. The molecule has 0 fully saturated rings. The lowest BCUT2D eigenvalue weighted by atomic mass is 10.1. The van der Waals surface area contributed by atoms with Gasteiger partial charge in [-0.05, 0) is 30.7 Å². The van der Waals surface area contributed by atoms with Crippen molar-refractivity contribution >= 4 is 17.2 Å². The molecule has 0 unspecified atom stereocenters. The van der Waals surface area contributed by atoms with Gasteiger partial charge in [0.05, 0.1) is 11.4 Å². The maximum Gasteiger partial charge on any atom is 0.165 e. The highest BCUT2D eigenvalue weighted by Gasteiger charge is 2.15. The van der Waals surface area contributed by atoms with Crippen LogP contribution < -0.4 is 5.06 Å². The highest BCUT2D eigenvalue weighted by Crippen LogP contribution is 2.22. The SMILES string of the molecule is Cc1ccccc1N(O)C(=Nc1ccccc1)c1ccccc1. The molecule has 3 aromatic carbocycles. The van der Waals surface area contributed by atoms with Gasteiger partial charge in [0.1, 0.15) is 0 Å². The standard InChI is InChI=1S/C20H18N2O/c1-16-10-8-9-15-19(16)22(23)20(17-11-4-2-5-12-17)21-18-13-6-3-7-14-18/h2-15,23H,1H3. The molecule has 0 atom stereocenters. The number of benzene rings is 3. The van der Waals surface area contributed by atoms with Gasteiger partial charge in [0.15, 0.2) is 5.84 Å². The van der Waals surface area contributed by atoms with Gasteiger partial charge in [-0.2, -0.15) is 0 Å². The monoisotopic (exact) mass is 302 g/mol. The smallest absolute Gasteiger partial charge is 0.165 e. The second-order valence-electron chi connectivity index (χ2n) is 5.24. The van der Waals surface area contributed by atoms with Gasteiger partial charge in [0, 0.05) is 5.56 Å². The molecule has 3 aromatic rings. The zero-order valence-electron chi connectivity index (χ0n) is 12.9. The Labute approximate surface area is 136 Å². The molecule has 23 heavy (non-hydrogen) atoms. The summed E-state index contributed by atoms with van der Waals surface area (Å²) in [6.45, 7) is 1.96.